The van der Waals surface area contributed by atoms with Gasteiger partial charge in [-0.3, -0.25) is 0 Å². The summed E-state index contributed by atoms with van der Waals surface area (Å²) >= 11 is 0. The van der Waals surface area contributed by atoms with E-state index in [1.165, 1.54) is 144 Å². The summed E-state index contributed by atoms with van der Waals surface area (Å²) in [6, 6.07) is 114. The molecule has 0 amide bonds. The third-order valence-electron chi connectivity index (χ3n) is 18.4. The third kappa shape index (κ3) is 6.70. The quantitative estimate of drug-likeness (QED) is 0.116. The monoisotopic (exact) mass is 1040 g/mol. The maximum absolute atomic E-state index is 2.56. The number of para-hydroxylation sites is 2. The van der Waals surface area contributed by atoms with Crippen molar-refractivity contribution in [2.75, 3.05) is 23.9 Å². The minimum atomic E-state index is -0.678. The van der Waals surface area contributed by atoms with Crippen molar-refractivity contribution in [3.63, 3.8) is 0 Å². The van der Waals surface area contributed by atoms with Crippen LogP contribution in [0.5, 0.6) is 0 Å². The van der Waals surface area contributed by atoms with Crippen LogP contribution in [0.2, 0.25) is 0 Å². The average molecular weight is 1050 g/mol. The van der Waals surface area contributed by atoms with Crippen LogP contribution >= 0.6 is 0 Å². The van der Waals surface area contributed by atoms with E-state index in [4.69, 9.17) is 0 Å². The Balaban J connectivity index is 1.08. The van der Waals surface area contributed by atoms with E-state index in [9.17, 15) is 0 Å². The standard InChI is InChI=1S/C80H56N2/c1-81-72-47-21-19-45-70(72)79(54-28-7-3-8-29-54,55-30-9-4-10-31-55)77-65(43-25-49-74(77)81)61-39-23-41-63-67(61)52-68-62(40-24-42-64(68)76(63)69-51-53-27-15-16-36-58(53)59-37-17-18-38-60(59)69)66-44-26-50-75-78(66)80(56-32-11-5-12-33-56,57-34-13-6-14-35-57)71-46-20-22-48-73(71)82(75)2/h3-52H,1-2H3. The van der Waals surface area contributed by atoms with Gasteiger partial charge in [-0.25, -0.2) is 0 Å². The van der Waals surface area contributed by atoms with Crippen molar-refractivity contribution < 1.29 is 0 Å². The summed E-state index contributed by atoms with van der Waals surface area (Å²) < 4.78 is 0. The summed E-state index contributed by atoms with van der Waals surface area (Å²) in [6.45, 7) is 0. The highest BCUT2D eigenvalue weighted by atomic mass is 15.1. The maximum atomic E-state index is 2.56. The minimum Gasteiger partial charge on any atom is -0.344 e. The molecule has 0 atom stereocenters. The van der Waals surface area contributed by atoms with Crippen LogP contribution in [0, 0.1) is 0 Å². The fourth-order valence-electron chi connectivity index (χ4n) is 15.0. The first-order chi connectivity index (χ1) is 40.6. The zero-order valence-corrected chi connectivity index (χ0v) is 45.8. The lowest BCUT2D eigenvalue weighted by Gasteiger charge is -2.46. The van der Waals surface area contributed by atoms with Gasteiger partial charge in [0.25, 0.3) is 0 Å². The molecule has 0 radical (unpaired) electrons. The van der Waals surface area contributed by atoms with Crippen LogP contribution in [0.4, 0.5) is 22.7 Å². The van der Waals surface area contributed by atoms with Gasteiger partial charge in [0.1, 0.15) is 0 Å². The van der Waals surface area contributed by atoms with Crippen molar-refractivity contribution in [2.24, 2.45) is 0 Å². The number of hydrogen-bond acceptors (Lipinski definition) is 2. The van der Waals surface area contributed by atoms with E-state index in [2.05, 4.69) is 327 Å². The third-order valence-corrected chi connectivity index (χ3v) is 18.4. The van der Waals surface area contributed by atoms with E-state index < -0.39 is 10.8 Å². The lowest BCUT2D eigenvalue weighted by Crippen LogP contribution is -2.38. The Bertz CT molecular complexity index is 4510. The summed E-state index contributed by atoms with van der Waals surface area (Å²) in [5, 5.41) is 9.77. The molecule has 386 valence electrons. The largest absolute Gasteiger partial charge is 0.344 e. The Labute approximate surface area is 479 Å². The van der Waals surface area contributed by atoms with Gasteiger partial charge < -0.3 is 9.80 Å². The molecular weight excluding hydrogens is 989 g/mol. The van der Waals surface area contributed by atoms with Crippen LogP contribution in [0.3, 0.4) is 0 Å². The van der Waals surface area contributed by atoms with Gasteiger partial charge in [-0.2, -0.15) is 0 Å². The molecule has 0 N–H and O–H groups in total. The molecule has 2 nitrogen and oxygen atoms in total. The molecule has 82 heavy (non-hydrogen) atoms. The van der Waals surface area contributed by atoms with Gasteiger partial charge in [0.05, 0.1) is 10.8 Å². The molecular formula is C80H56N2. The van der Waals surface area contributed by atoms with Gasteiger partial charge in [0.2, 0.25) is 0 Å². The molecule has 2 heterocycles. The molecule has 0 aromatic heterocycles. The normalized spacial score (nSPS) is 13.9. The van der Waals surface area contributed by atoms with E-state index >= 15 is 0 Å². The minimum absolute atomic E-state index is 0.678. The van der Waals surface area contributed by atoms with Crippen molar-refractivity contribution in [3.8, 4) is 33.4 Å². The Hall–Kier alpha value is -10.3. The lowest BCUT2D eigenvalue weighted by molar-refractivity contribution is 0.729. The van der Waals surface area contributed by atoms with E-state index in [1.807, 2.05) is 0 Å². The van der Waals surface area contributed by atoms with Gasteiger partial charge in [-0.15, -0.1) is 0 Å². The summed E-state index contributed by atoms with van der Waals surface area (Å²) in [4.78, 5) is 4.84. The molecule has 2 heteroatoms. The molecule has 0 saturated heterocycles. The van der Waals surface area contributed by atoms with Crippen molar-refractivity contribution in [1.29, 1.82) is 0 Å². The number of hydrogen-bond donors (Lipinski definition) is 0. The fraction of sp³-hybridized carbons (Fsp3) is 0.0500. The highest BCUT2D eigenvalue weighted by Gasteiger charge is 2.49. The van der Waals surface area contributed by atoms with Crippen LogP contribution in [0.1, 0.15) is 44.5 Å². The van der Waals surface area contributed by atoms with Crippen molar-refractivity contribution in [3.05, 3.63) is 348 Å². The fourth-order valence-corrected chi connectivity index (χ4v) is 15.0. The molecule has 0 aliphatic carbocycles. The van der Waals surface area contributed by atoms with Gasteiger partial charge in [0.15, 0.2) is 0 Å². The number of rotatable bonds is 7. The Morgan fingerprint density at radius 2 is 0.573 bits per heavy atom. The molecule has 0 bridgehead atoms. The smallest absolute Gasteiger partial charge is 0.0748 e. The zero-order chi connectivity index (χ0) is 54.5. The molecule has 0 fully saturated rings. The van der Waals surface area contributed by atoms with Crippen molar-refractivity contribution >= 4 is 65.8 Å². The predicted molar refractivity (Wildman–Crippen MR) is 346 cm³/mol. The molecule has 0 unspecified atom stereocenters. The van der Waals surface area contributed by atoms with Crippen LogP contribution in [0.15, 0.2) is 303 Å². The second kappa shape index (κ2) is 18.7. The first-order valence-corrected chi connectivity index (χ1v) is 28.6. The van der Waals surface area contributed by atoms with Crippen molar-refractivity contribution in [1.82, 2.24) is 0 Å². The molecule has 2 aliphatic rings. The Morgan fingerprint density at radius 3 is 1.04 bits per heavy atom. The van der Waals surface area contributed by atoms with E-state index in [0.717, 1.165) is 0 Å². The summed E-state index contributed by atoms with van der Waals surface area (Å²) in [7, 11) is 4.49. The average Bonchev–Trinajstić information content (AvgIpc) is 1.54. The highest BCUT2D eigenvalue weighted by molar-refractivity contribution is 6.25. The number of anilines is 4. The van der Waals surface area contributed by atoms with Gasteiger partial charge >= 0.3 is 0 Å². The van der Waals surface area contributed by atoms with Crippen LogP contribution in [0.25, 0.3) is 76.5 Å². The molecule has 0 saturated carbocycles. The zero-order valence-electron chi connectivity index (χ0n) is 45.8. The van der Waals surface area contributed by atoms with Gasteiger partial charge in [-0.1, -0.05) is 267 Å². The van der Waals surface area contributed by atoms with Crippen LogP contribution in [-0.4, -0.2) is 14.1 Å². The van der Waals surface area contributed by atoms with Crippen molar-refractivity contribution in [2.45, 2.75) is 10.8 Å². The summed E-state index contributed by atoms with van der Waals surface area (Å²) in [6.07, 6.45) is 0. The summed E-state index contributed by atoms with van der Waals surface area (Å²) in [5.74, 6) is 0. The molecule has 14 aromatic rings. The highest BCUT2D eigenvalue weighted by Crippen LogP contribution is 2.61. The number of nitrogens with zero attached hydrogens (tertiary/aromatic N) is 2. The molecule has 2 aliphatic heterocycles. The molecule has 0 spiro atoms. The summed E-state index contributed by atoms with van der Waals surface area (Å²) in [5.41, 5.74) is 20.6. The van der Waals surface area contributed by atoms with Gasteiger partial charge in [0, 0.05) is 48.0 Å². The van der Waals surface area contributed by atoms with Crippen LogP contribution in [-0.2, 0) is 10.8 Å². The SMILES string of the molecule is CN1c2ccccc2C(c2ccccc2)(c2ccccc2)c2c(-c3cccc4c(-c5cc6ccccc6c6ccccc56)c5cccc(-c6cccc7c6C(c6ccccc6)(c6ccccc6)c6ccccc6N7C)c5cc34)cccc21. The number of fused-ring (bicyclic) bond motifs is 9. The second-order valence-electron chi connectivity index (χ2n) is 22.3. The molecule has 16 rings (SSSR count). The second-order valence-corrected chi connectivity index (χ2v) is 22.3. The first-order valence-electron chi connectivity index (χ1n) is 28.6. The van der Waals surface area contributed by atoms with Crippen LogP contribution < -0.4 is 9.80 Å². The maximum Gasteiger partial charge on any atom is 0.0748 e. The number of benzene rings is 14. The van der Waals surface area contributed by atoms with E-state index in [1.54, 1.807) is 0 Å². The Kier molecular flexibility index (Phi) is 10.9. The van der Waals surface area contributed by atoms with Gasteiger partial charge in [-0.05, 0) is 146 Å². The predicted octanol–water partition coefficient (Wildman–Crippen LogP) is 20.2. The van der Waals surface area contributed by atoms with E-state index in [0.29, 0.717) is 0 Å². The Morgan fingerprint density at radius 1 is 0.232 bits per heavy atom. The molecule has 14 aromatic carbocycles. The first kappa shape index (κ1) is 47.7. The lowest BCUT2D eigenvalue weighted by atomic mass is 9.60. The van der Waals surface area contributed by atoms with E-state index in [-0.39, 0.29) is 0 Å². The topological polar surface area (TPSA) is 6.48 Å².